The highest BCUT2D eigenvalue weighted by atomic mass is 32.2. The van der Waals surface area contributed by atoms with E-state index in [0.29, 0.717) is 36.9 Å². The molecule has 6 nitrogen and oxygen atoms in total. The molecule has 0 radical (unpaired) electrons. The largest absolute Gasteiger partial charge is 0.487 e. The van der Waals surface area contributed by atoms with Gasteiger partial charge in [-0.2, -0.15) is 0 Å². The normalized spacial score (nSPS) is 20.8. The van der Waals surface area contributed by atoms with Crippen LogP contribution >= 0.6 is 0 Å². The van der Waals surface area contributed by atoms with Gasteiger partial charge in [0.2, 0.25) is 10.0 Å². The fourth-order valence-electron chi connectivity index (χ4n) is 3.35. The Morgan fingerprint density at radius 2 is 1.73 bits per heavy atom. The summed E-state index contributed by atoms with van der Waals surface area (Å²) in [5.41, 5.74) is 0.377. The monoisotopic (exact) mass is 375 g/mol. The first kappa shape index (κ1) is 17.2. The highest BCUT2D eigenvalue weighted by molar-refractivity contribution is 7.89. The zero-order valence-electron chi connectivity index (χ0n) is 14.7. The predicted molar refractivity (Wildman–Crippen MR) is 96.3 cm³/mol. The summed E-state index contributed by atoms with van der Waals surface area (Å²) in [7, 11) is -3.73. The van der Waals surface area contributed by atoms with Gasteiger partial charge in [0.25, 0.3) is 0 Å². The maximum atomic E-state index is 13.0. The third kappa shape index (κ3) is 3.24. The molecular formula is C19H21NO5S. The van der Waals surface area contributed by atoms with Gasteiger partial charge in [0, 0.05) is 18.1 Å². The molecule has 0 amide bonds. The second-order valence-corrected chi connectivity index (χ2v) is 8.80. The first-order valence-corrected chi connectivity index (χ1v) is 10.0. The molecule has 0 fully saturated rings. The molecule has 0 bridgehead atoms. The number of hydrogen-bond donors (Lipinski definition) is 1. The Morgan fingerprint density at radius 1 is 1.00 bits per heavy atom. The molecule has 2 aromatic carbocycles. The highest BCUT2D eigenvalue weighted by Gasteiger charge is 2.36. The van der Waals surface area contributed by atoms with E-state index < -0.39 is 15.6 Å². The minimum absolute atomic E-state index is 0.156. The van der Waals surface area contributed by atoms with Gasteiger partial charge in [0.15, 0.2) is 11.5 Å². The minimum Gasteiger partial charge on any atom is -0.487 e. The van der Waals surface area contributed by atoms with E-state index in [4.69, 9.17) is 14.2 Å². The molecule has 0 saturated heterocycles. The zero-order valence-corrected chi connectivity index (χ0v) is 15.5. The van der Waals surface area contributed by atoms with Crippen LogP contribution in [0.5, 0.6) is 17.2 Å². The van der Waals surface area contributed by atoms with Crippen LogP contribution in [-0.2, 0) is 10.0 Å². The fraction of sp³-hybridized carbons (Fsp3) is 0.368. The van der Waals surface area contributed by atoms with E-state index in [1.54, 1.807) is 6.07 Å². The van der Waals surface area contributed by atoms with Gasteiger partial charge in [-0.25, -0.2) is 13.1 Å². The predicted octanol–water partition coefficient (Wildman–Crippen LogP) is 3.04. The maximum Gasteiger partial charge on any atom is 0.241 e. The van der Waals surface area contributed by atoms with E-state index >= 15 is 0 Å². The number of sulfonamides is 1. The summed E-state index contributed by atoms with van der Waals surface area (Å²) in [4.78, 5) is 0.156. The van der Waals surface area contributed by atoms with Gasteiger partial charge in [-0.3, -0.25) is 0 Å². The number of para-hydroxylation sites is 1. The summed E-state index contributed by atoms with van der Waals surface area (Å²) in [6.07, 6.45) is 0.536. The van der Waals surface area contributed by atoms with Crippen molar-refractivity contribution in [1.29, 1.82) is 0 Å². The lowest BCUT2D eigenvalue weighted by Crippen LogP contribution is -2.41. The maximum absolute atomic E-state index is 13.0. The number of benzene rings is 2. The lowest BCUT2D eigenvalue weighted by Gasteiger charge is -2.37. The summed E-state index contributed by atoms with van der Waals surface area (Å²) in [6, 6.07) is 11.8. The van der Waals surface area contributed by atoms with E-state index in [0.717, 1.165) is 5.56 Å². The third-order valence-electron chi connectivity index (χ3n) is 4.50. The molecule has 2 aromatic rings. The summed E-state index contributed by atoms with van der Waals surface area (Å²) >= 11 is 0. The van der Waals surface area contributed by atoms with Crippen molar-refractivity contribution in [2.24, 2.45) is 0 Å². The van der Waals surface area contributed by atoms with Crippen molar-refractivity contribution >= 4 is 10.0 Å². The quantitative estimate of drug-likeness (QED) is 0.893. The van der Waals surface area contributed by atoms with Crippen molar-refractivity contribution in [3.05, 3.63) is 48.0 Å². The Balaban J connectivity index is 1.66. The Labute approximate surface area is 153 Å². The van der Waals surface area contributed by atoms with Gasteiger partial charge in [-0.15, -0.1) is 0 Å². The first-order chi connectivity index (χ1) is 12.3. The van der Waals surface area contributed by atoms with E-state index in [-0.39, 0.29) is 10.9 Å². The summed E-state index contributed by atoms with van der Waals surface area (Å²) in [5.74, 6) is 1.72. The molecule has 4 rings (SSSR count). The molecule has 0 aliphatic carbocycles. The molecule has 2 aliphatic heterocycles. The average Bonchev–Trinajstić information content (AvgIpc) is 2.60. The lowest BCUT2D eigenvalue weighted by atomic mass is 9.90. The standard InChI is InChI=1S/C19H21NO5S/c1-19(2)12-15(14-5-3-4-6-16(14)25-19)20-26(21,22)13-7-8-17-18(11-13)24-10-9-23-17/h3-8,11,15,20H,9-10,12H2,1-2H3. The number of nitrogens with one attached hydrogen (secondary N) is 1. The Morgan fingerprint density at radius 3 is 2.54 bits per heavy atom. The Hall–Kier alpha value is -2.25. The van der Waals surface area contributed by atoms with Gasteiger partial charge in [-0.05, 0) is 32.0 Å². The highest BCUT2D eigenvalue weighted by Crippen LogP contribution is 2.40. The zero-order chi connectivity index (χ0) is 18.4. The van der Waals surface area contributed by atoms with Crippen LogP contribution in [0.1, 0.15) is 31.9 Å². The lowest BCUT2D eigenvalue weighted by molar-refractivity contribution is 0.0702. The van der Waals surface area contributed by atoms with Crippen molar-refractivity contribution in [3.8, 4) is 17.2 Å². The fourth-order valence-corrected chi connectivity index (χ4v) is 4.58. The molecule has 1 N–H and O–H groups in total. The molecule has 1 unspecified atom stereocenters. The van der Waals surface area contributed by atoms with Gasteiger partial charge < -0.3 is 14.2 Å². The Kier molecular flexibility index (Phi) is 4.08. The van der Waals surface area contributed by atoms with E-state index in [1.165, 1.54) is 12.1 Å². The van der Waals surface area contributed by atoms with Gasteiger partial charge in [-0.1, -0.05) is 18.2 Å². The molecule has 0 aromatic heterocycles. The summed E-state index contributed by atoms with van der Waals surface area (Å²) < 4.78 is 45.7. The molecule has 0 saturated carbocycles. The molecule has 138 valence electrons. The van der Waals surface area contributed by atoms with Gasteiger partial charge in [0.05, 0.1) is 10.9 Å². The molecule has 2 aliphatic rings. The van der Waals surface area contributed by atoms with Crippen LogP contribution in [0.2, 0.25) is 0 Å². The number of hydrogen-bond acceptors (Lipinski definition) is 5. The van der Waals surface area contributed by atoms with Crippen LogP contribution in [-0.4, -0.2) is 27.2 Å². The van der Waals surface area contributed by atoms with Crippen LogP contribution in [0.4, 0.5) is 0 Å². The van der Waals surface area contributed by atoms with Crippen LogP contribution < -0.4 is 18.9 Å². The van der Waals surface area contributed by atoms with Crippen LogP contribution in [0, 0.1) is 0 Å². The third-order valence-corrected chi connectivity index (χ3v) is 5.97. The second kappa shape index (κ2) is 6.17. The van der Waals surface area contributed by atoms with Gasteiger partial charge in [0.1, 0.15) is 24.6 Å². The van der Waals surface area contributed by atoms with E-state index in [1.807, 2.05) is 38.1 Å². The average molecular weight is 375 g/mol. The first-order valence-electron chi connectivity index (χ1n) is 8.54. The second-order valence-electron chi connectivity index (χ2n) is 7.08. The summed E-state index contributed by atoms with van der Waals surface area (Å²) in [5, 5.41) is 0. The van der Waals surface area contributed by atoms with E-state index in [9.17, 15) is 8.42 Å². The van der Waals surface area contributed by atoms with Crippen molar-refractivity contribution in [1.82, 2.24) is 4.72 Å². The Bertz CT molecular complexity index is 939. The SMILES string of the molecule is CC1(C)CC(NS(=O)(=O)c2ccc3c(c2)OCCO3)c2ccccc2O1. The molecule has 7 heteroatoms. The minimum atomic E-state index is -3.73. The topological polar surface area (TPSA) is 73.9 Å². The van der Waals surface area contributed by atoms with Crippen LogP contribution in [0.25, 0.3) is 0 Å². The van der Waals surface area contributed by atoms with Gasteiger partial charge >= 0.3 is 0 Å². The molecule has 1 atom stereocenters. The van der Waals surface area contributed by atoms with E-state index in [2.05, 4.69) is 4.72 Å². The summed E-state index contributed by atoms with van der Waals surface area (Å²) in [6.45, 7) is 4.78. The van der Waals surface area contributed by atoms with Crippen molar-refractivity contribution in [2.75, 3.05) is 13.2 Å². The van der Waals surface area contributed by atoms with Crippen molar-refractivity contribution in [2.45, 2.75) is 36.8 Å². The molecular weight excluding hydrogens is 354 g/mol. The number of rotatable bonds is 3. The van der Waals surface area contributed by atoms with Crippen molar-refractivity contribution < 1.29 is 22.6 Å². The van der Waals surface area contributed by atoms with Crippen LogP contribution in [0.3, 0.4) is 0 Å². The van der Waals surface area contributed by atoms with Crippen molar-refractivity contribution in [3.63, 3.8) is 0 Å². The molecule has 2 heterocycles. The molecule has 26 heavy (non-hydrogen) atoms. The number of ether oxygens (including phenoxy) is 3. The molecule has 0 spiro atoms. The number of fused-ring (bicyclic) bond motifs is 2. The smallest absolute Gasteiger partial charge is 0.241 e. The van der Waals surface area contributed by atoms with Crippen LogP contribution in [0.15, 0.2) is 47.4 Å².